The normalized spacial score (nSPS) is 23.0. The Bertz CT molecular complexity index is 1790. The zero-order valence-electron chi connectivity index (χ0n) is 32.3. The van der Waals surface area contributed by atoms with Crippen LogP contribution in [0, 0.1) is 17.3 Å². The maximum absolute atomic E-state index is 14.0. The van der Waals surface area contributed by atoms with Gasteiger partial charge < -0.3 is 25.4 Å². The molecule has 2 saturated carbocycles. The minimum absolute atomic E-state index is 0.0726. The number of amides is 4. The van der Waals surface area contributed by atoms with Gasteiger partial charge in [0, 0.05) is 18.9 Å². The molecule has 0 spiro atoms. The van der Waals surface area contributed by atoms with Crippen LogP contribution in [-0.4, -0.2) is 81.8 Å². The maximum Gasteiger partial charge on any atom is 0.408 e. The summed E-state index contributed by atoms with van der Waals surface area (Å²) in [6.07, 6.45) is 5.40. The van der Waals surface area contributed by atoms with Crippen LogP contribution in [0.4, 0.5) is 4.79 Å². The van der Waals surface area contributed by atoms with Crippen LogP contribution in [0.5, 0.6) is 6.01 Å². The average molecular weight is 759 g/mol. The van der Waals surface area contributed by atoms with E-state index < -0.39 is 61.9 Å². The molecule has 1 aliphatic heterocycles. The number of primary amides is 1. The van der Waals surface area contributed by atoms with Gasteiger partial charge in [0.2, 0.25) is 27.7 Å². The summed E-state index contributed by atoms with van der Waals surface area (Å²) >= 11 is 0. The van der Waals surface area contributed by atoms with Gasteiger partial charge in [0.15, 0.2) is 0 Å². The second-order valence-electron chi connectivity index (χ2n) is 17.2. The number of unbranched alkanes of at least 4 members (excludes halogenated alkanes) is 3. The maximum atomic E-state index is 14.0. The van der Waals surface area contributed by atoms with Gasteiger partial charge in [-0.1, -0.05) is 65.5 Å². The first-order valence-corrected chi connectivity index (χ1v) is 20.5. The monoisotopic (exact) mass is 758 g/mol. The van der Waals surface area contributed by atoms with E-state index in [-0.39, 0.29) is 24.8 Å². The predicted molar refractivity (Wildman–Crippen MR) is 200 cm³/mol. The Morgan fingerprint density at radius 1 is 1.02 bits per heavy atom. The number of imidazole rings is 1. The van der Waals surface area contributed by atoms with Gasteiger partial charge in [-0.3, -0.25) is 23.7 Å². The van der Waals surface area contributed by atoms with Gasteiger partial charge in [-0.2, -0.15) is 4.98 Å². The van der Waals surface area contributed by atoms with E-state index in [9.17, 15) is 27.6 Å². The fraction of sp³-hybridized carbons (Fsp3) is 0.711. The lowest BCUT2D eigenvalue weighted by atomic mass is 9.85. The number of alkyl carbamates (subject to hydrolysis) is 1. The van der Waals surface area contributed by atoms with Crippen molar-refractivity contribution in [3.63, 3.8) is 0 Å². The molecule has 5 rings (SSSR count). The number of carbonyl (C=O) groups is 4. The smallest absolute Gasteiger partial charge is 0.408 e. The minimum atomic E-state index is -3.70. The van der Waals surface area contributed by atoms with Gasteiger partial charge in [0.1, 0.15) is 23.8 Å². The number of aryl methyl sites for hydroxylation is 1. The van der Waals surface area contributed by atoms with Crippen molar-refractivity contribution < 1.29 is 37.1 Å². The van der Waals surface area contributed by atoms with Gasteiger partial charge in [0.25, 0.3) is 6.01 Å². The summed E-state index contributed by atoms with van der Waals surface area (Å²) < 4.78 is 41.6. The number of aromatic nitrogens is 2. The fourth-order valence-corrected chi connectivity index (χ4v) is 9.03. The van der Waals surface area contributed by atoms with Gasteiger partial charge in [-0.05, 0) is 76.3 Å². The van der Waals surface area contributed by atoms with Crippen LogP contribution in [0.3, 0.4) is 0 Å². The Morgan fingerprint density at radius 2 is 1.70 bits per heavy atom. The van der Waals surface area contributed by atoms with Crippen molar-refractivity contribution in [2.24, 2.45) is 23.0 Å². The lowest BCUT2D eigenvalue weighted by Crippen LogP contribution is -2.58. The third-order valence-corrected chi connectivity index (χ3v) is 12.9. The van der Waals surface area contributed by atoms with Crippen LogP contribution >= 0.6 is 0 Å². The van der Waals surface area contributed by atoms with E-state index in [1.165, 1.54) is 4.90 Å². The molecule has 1 aromatic heterocycles. The molecule has 294 valence electrons. The Balaban J connectivity index is 1.19. The third kappa shape index (κ3) is 9.63. The number of benzene rings is 1. The molecular weight excluding hydrogens is 701 g/mol. The van der Waals surface area contributed by atoms with Crippen molar-refractivity contribution in [3.05, 3.63) is 24.3 Å². The first-order valence-electron chi connectivity index (χ1n) is 19.0. The van der Waals surface area contributed by atoms with E-state index in [0.29, 0.717) is 37.7 Å². The molecule has 2 aromatic rings. The molecule has 4 N–H and O–H groups in total. The van der Waals surface area contributed by atoms with E-state index in [2.05, 4.69) is 10.0 Å². The van der Waals surface area contributed by atoms with E-state index in [1.54, 1.807) is 20.8 Å². The number of ether oxygens (including phenoxy) is 2. The lowest BCUT2D eigenvalue weighted by molar-refractivity contribution is -0.141. The van der Waals surface area contributed by atoms with Crippen LogP contribution in [0.15, 0.2) is 24.3 Å². The molecule has 1 unspecified atom stereocenters. The fourth-order valence-electron chi connectivity index (χ4n) is 7.34. The Kier molecular flexibility index (Phi) is 11.8. The summed E-state index contributed by atoms with van der Waals surface area (Å²) in [4.78, 5) is 58.0. The van der Waals surface area contributed by atoms with Crippen LogP contribution in [0.2, 0.25) is 0 Å². The second kappa shape index (κ2) is 15.5. The topological polar surface area (TPSA) is 192 Å². The summed E-state index contributed by atoms with van der Waals surface area (Å²) in [5, 5.41) is 2.71. The number of nitrogens with one attached hydrogen (secondary N) is 2. The van der Waals surface area contributed by atoms with Crippen molar-refractivity contribution >= 4 is 44.9 Å². The van der Waals surface area contributed by atoms with E-state index in [4.69, 9.17) is 20.2 Å². The van der Waals surface area contributed by atoms with Gasteiger partial charge in [0.05, 0.1) is 22.3 Å². The largest absolute Gasteiger partial charge is 0.459 e. The Labute approximate surface area is 313 Å². The third-order valence-electron chi connectivity index (χ3n) is 10.7. The van der Waals surface area contributed by atoms with Crippen LogP contribution in [0.1, 0.15) is 113 Å². The summed E-state index contributed by atoms with van der Waals surface area (Å²) in [5.74, 6) is -1.35. The molecular formula is C38H58N6O8S. The van der Waals surface area contributed by atoms with Crippen LogP contribution in [0.25, 0.3) is 11.0 Å². The molecule has 15 heteroatoms. The number of para-hydroxylation sites is 2. The number of sulfonamides is 1. The van der Waals surface area contributed by atoms with Crippen molar-refractivity contribution in [3.8, 4) is 6.01 Å². The molecule has 1 aromatic carbocycles. The SMILES string of the molecule is CC[C@@H]1C[C@@H]1C(=O)NS(=O)(=O)C1(CCCCCCn2c(O[C@@H]3C[C@@H](C(N)=O)N(C(=O)C(NC(=O)OC(C)(C)C)C(C)(C)C)C3)nc3ccccc32)CC1. The van der Waals surface area contributed by atoms with E-state index >= 15 is 0 Å². The highest BCUT2D eigenvalue weighted by molar-refractivity contribution is 7.91. The quantitative estimate of drug-likeness (QED) is 0.202. The highest BCUT2D eigenvalue weighted by Crippen LogP contribution is 2.48. The van der Waals surface area contributed by atoms with Gasteiger partial charge in [-0.25, -0.2) is 13.2 Å². The van der Waals surface area contributed by atoms with Gasteiger partial charge >= 0.3 is 6.09 Å². The number of nitrogens with zero attached hydrogens (tertiary/aromatic N) is 3. The summed E-state index contributed by atoms with van der Waals surface area (Å²) in [6.45, 7) is 13.4. The molecule has 5 atom stereocenters. The van der Waals surface area contributed by atoms with E-state index in [1.807, 2.05) is 56.5 Å². The number of rotatable bonds is 16. The first kappa shape index (κ1) is 40.3. The molecule has 0 radical (unpaired) electrons. The molecule has 3 aliphatic rings. The summed E-state index contributed by atoms with van der Waals surface area (Å²) in [6, 6.07) is 6.11. The zero-order valence-corrected chi connectivity index (χ0v) is 33.1. The molecule has 4 amide bonds. The number of nitrogens with two attached hydrogens (primary N) is 1. The second-order valence-corrected chi connectivity index (χ2v) is 19.3. The number of hydrogen-bond acceptors (Lipinski definition) is 9. The molecule has 3 fully saturated rings. The highest BCUT2D eigenvalue weighted by atomic mass is 32.2. The zero-order chi connectivity index (χ0) is 38.9. The molecule has 53 heavy (non-hydrogen) atoms. The summed E-state index contributed by atoms with van der Waals surface area (Å²) in [7, 11) is -3.70. The Morgan fingerprint density at radius 3 is 2.30 bits per heavy atom. The standard InChI is InChI=1S/C38H58N6O8S/c1-8-24-21-26(24)32(46)42-53(49,50)38(18-19-38)17-13-9-10-14-20-43-28-16-12-11-15-27(28)40-34(43)51-25-22-29(31(39)45)44(23-25)33(47)30(36(2,3)4)41-35(48)52-37(5,6)7/h11-12,15-16,24-26,29-30H,8-10,13-14,17-23H2,1-7H3,(H2,39,45)(H,41,48)(H,42,46)/t24-,25-,26+,29+,30?/m1/s1. The van der Waals surface area contributed by atoms with Gasteiger partial charge in [-0.15, -0.1) is 0 Å². The van der Waals surface area contributed by atoms with Crippen molar-refractivity contribution in [2.75, 3.05) is 6.54 Å². The number of fused-ring (bicyclic) bond motifs is 1. The average Bonchev–Trinajstić information content (AvgIpc) is 3.96. The summed E-state index contributed by atoms with van der Waals surface area (Å²) in [5.41, 5.74) is 5.96. The number of hydrogen-bond donors (Lipinski definition) is 3. The molecule has 1 saturated heterocycles. The van der Waals surface area contributed by atoms with E-state index in [0.717, 1.165) is 49.6 Å². The number of likely N-dealkylation sites (tertiary alicyclic amines) is 1. The Hall–Kier alpha value is -3.88. The molecule has 2 heterocycles. The number of carbonyl (C=O) groups excluding carboxylic acids is 4. The predicted octanol–water partition coefficient (Wildman–Crippen LogP) is 4.78. The van der Waals surface area contributed by atoms with Crippen LogP contribution in [-0.2, 0) is 35.7 Å². The van der Waals surface area contributed by atoms with Crippen molar-refractivity contribution in [1.82, 2.24) is 24.5 Å². The van der Waals surface area contributed by atoms with Crippen molar-refractivity contribution in [1.29, 1.82) is 0 Å². The molecule has 14 nitrogen and oxygen atoms in total. The molecule has 0 bridgehead atoms. The van der Waals surface area contributed by atoms with Crippen molar-refractivity contribution in [2.45, 2.75) is 148 Å². The molecule has 2 aliphatic carbocycles. The lowest BCUT2D eigenvalue weighted by Gasteiger charge is -2.35. The van der Waals surface area contributed by atoms with Crippen LogP contribution < -0.4 is 20.5 Å². The first-order chi connectivity index (χ1) is 24.7. The highest BCUT2D eigenvalue weighted by Gasteiger charge is 2.55. The minimum Gasteiger partial charge on any atom is -0.459 e.